The van der Waals surface area contributed by atoms with Gasteiger partial charge in [0.25, 0.3) is 10.2 Å². The van der Waals surface area contributed by atoms with Gasteiger partial charge >= 0.3 is 0 Å². The summed E-state index contributed by atoms with van der Waals surface area (Å²) in [6.07, 6.45) is 4.99. The maximum Gasteiger partial charge on any atom is 0.279 e. The molecule has 3 aliphatic rings. The minimum atomic E-state index is -3.60. The maximum atomic E-state index is 13.6. The van der Waals surface area contributed by atoms with Crippen molar-refractivity contribution in [1.29, 1.82) is 0 Å². The summed E-state index contributed by atoms with van der Waals surface area (Å²) in [6.45, 7) is 2.45. The van der Waals surface area contributed by atoms with Crippen LogP contribution in [-0.2, 0) is 24.5 Å². The Kier molecular flexibility index (Phi) is 8.80. The van der Waals surface area contributed by atoms with Gasteiger partial charge in [-0.3, -0.25) is 4.79 Å². The molecule has 1 amide bonds. The van der Waals surface area contributed by atoms with E-state index in [1.807, 2.05) is 11.0 Å². The first-order chi connectivity index (χ1) is 16.7. The molecule has 10 heteroatoms. The third-order valence-corrected chi connectivity index (χ3v) is 9.21. The van der Waals surface area contributed by atoms with Crippen molar-refractivity contribution >= 4 is 16.1 Å². The van der Waals surface area contributed by atoms with Crippen LogP contribution in [-0.4, -0.2) is 82.7 Å². The standard InChI is InChI=1S/C25H38FN3O5S/c1-28(2)35(31,32)27-24-10-12-29(25(30)20-11-13-33-16-20)15-21(24)17-34-23-8-6-18(7-9-23)19-4-3-5-22(26)14-19/h3-5,14,18,20-21,23-24,27H,6-13,15-17H2,1-2H3/t18?,20-,21+,23?,24+/m1/s1. The van der Waals surface area contributed by atoms with Gasteiger partial charge in [0, 0.05) is 45.8 Å². The fourth-order valence-corrected chi connectivity index (χ4v) is 6.33. The molecule has 2 aliphatic heterocycles. The number of hydrogen-bond donors (Lipinski definition) is 1. The van der Waals surface area contributed by atoms with Crippen molar-refractivity contribution in [1.82, 2.24) is 13.9 Å². The lowest BCUT2D eigenvalue weighted by molar-refractivity contribution is -0.138. The molecule has 1 aliphatic carbocycles. The Balaban J connectivity index is 1.35. The minimum absolute atomic E-state index is 0.0835. The quantitative estimate of drug-likeness (QED) is 0.580. The number of ether oxygens (including phenoxy) is 2. The van der Waals surface area contributed by atoms with Gasteiger partial charge in [0.15, 0.2) is 0 Å². The van der Waals surface area contributed by atoms with E-state index < -0.39 is 10.2 Å². The molecule has 0 aromatic heterocycles. The molecular formula is C25H38FN3O5S. The van der Waals surface area contributed by atoms with Crippen LogP contribution in [0, 0.1) is 17.7 Å². The fraction of sp³-hybridized carbons (Fsp3) is 0.720. The van der Waals surface area contributed by atoms with Gasteiger partial charge in [0.05, 0.1) is 25.2 Å². The average Bonchev–Trinajstić information content (AvgIpc) is 3.38. The number of nitrogens with one attached hydrogen (secondary N) is 1. The highest BCUT2D eigenvalue weighted by Gasteiger charge is 2.38. The van der Waals surface area contributed by atoms with E-state index >= 15 is 0 Å². The summed E-state index contributed by atoms with van der Waals surface area (Å²) in [5.41, 5.74) is 1.04. The molecule has 3 atom stereocenters. The largest absolute Gasteiger partial charge is 0.381 e. The first kappa shape index (κ1) is 26.5. The van der Waals surface area contributed by atoms with Crippen molar-refractivity contribution in [3.63, 3.8) is 0 Å². The zero-order valence-corrected chi connectivity index (χ0v) is 21.5. The molecule has 35 heavy (non-hydrogen) atoms. The van der Waals surface area contributed by atoms with Crippen LogP contribution in [0.25, 0.3) is 0 Å². The van der Waals surface area contributed by atoms with Crippen LogP contribution in [0.3, 0.4) is 0 Å². The first-order valence-electron chi connectivity index (χ1n) is 12.7. The molecule has 2 saturated heterocycles. The second-order valence-corrected chi connectivity index (χ2v) is 12.2. The van der Waals surface area contributed by atoms with E-state index in [0.29, 0.717) is 45.2 Å². The van der Waals surface area contributed by atoms with Crippen LogP contribution in [0.4, 0.5) is 4.39 Å². The van der Waals surface area contributed by atoms with Crippen molar-refractivity contribution in [3.05, 3.63) is 35.6 Å². The maximum absolute atomic E-state index is 13.6. The monoisotopic (exact) mass is 511 g/mol. The summed E-state index contributed by atoms with van der Waals surface area (Å²) >= 11 is 0. The van der Waals surface area contributed by atoms with E-state index in [9.17, 15) is 17.6 Å². The van der Waals surface area contributed by atoms with Crippen LogP contribution in [0.1, 0.15) is 50.0 Å². The molecule has 1 aromatic carbocycles. The molecule has 1 aromatic rings. The van der Waals surface area contributed by atoms with E-state index in [1.165, 1.54) is 24.5 Å². The number of benzene rings is 1. The Hall–Kier alpha value is -1.59. The Bertz CT molecular complexity index is 962. The van der Waals surface area contributed by atoms with Crippen molar-refractivity contribution in [3.8, 4) is 0 Å². The van der Waals surface area contributed by atoms with Crippen molar-refractivity contribution in [2.75, 3.05) is 47.0 Å². The summed E-state index contributed by atoms with van der Waals surface area (Å²) in [6, 6.07) is 6.54. The lowest BCUT2D eigenvalue weighted by Crippen LogP contribution is -2.56. The van der Waals surface area contributed by atoms with Gasteiger partial charge in [-0.05, 0) is 62.1 Å². The highest BCUT2D eigenvalue weighted by molar-refractivity contribution is 7.87. The molecule has 3 fully saturated rings. The lowest BCUT2D eigenvalue weighted by atomic mass is 9.82. The van der Waals surface area contributed by atoms with Crippen LogP contribution in [0.15, 0.2) is 24.3 Å². The Morgan fingerprint density at radius 1 is 1.20 bits per heavy atom. The normalized spacial score (nSPS) is 30.1. The summed E-state index contributed by atoms with van der Waals surface area (Å²) in [4.78, 5) is 14.8. The molecule has 0 unspecified atom stereocenters. The van der Waals surface area contributed by atoms with Crippen LogP contribution >= 0.6 is 0 Å². The summed E-state index contributed by atoms with van der Waals surface area (Å²) in [7, 11) is -0.588. The Morgan fingerprint density at radius 2 is 1.97 bits per heavy atom. The number of halogens is 1. The molecule has 0 bridgehead atoms. The summed E-state index contributed by atoms with van der Waals surface area (Å²) < 4.78 is 54.3. The van der Waals surface area contributed by atoms with Gasteiger partial charge < -0.3 is 14.4 Å². The SMILES string of the molecule is CN(C)S(=O)(=O)N[C@H]1CCN(C(=O)[C@@H]2CCOC2)C[C@H]1COC1CCC(c2cccc(F)c2)CC1. The number of nitrogens with zero attached hydrogens (tertiary/aromatic N) is 2. The van der Waals surface area contributed by atoms with Gasteiger partial charge in [-0.1, -0.05) is 12.1 Å². The number of carbonyl (C=O) groups excluding carboxylic acids is 1. The summed E-state index contributed by atoms with van der Waals surface area (Å²) in [5.74, 6) is -0.0123. The van der Waals surface area contributed by atoms with E-state index in [0.717, 1.165) is 37.7 Å². The van der Waals surface area contributed by atoms with E-state index in [-0.39, 0.29) is 35.7 Å². The van der Waals surface area contributed by atoms with Crippen LogP contribution < -0.4 is 4.72 Å². The zero-order chi connectivity index (χ0) is 25.0. The highest BCUT2D eigenvalue weighted by atomic mass is 32.2. The minimum Gasteiger partial charge on any atom is -0.381 e. The van der Waals surface area contributed by atoms with E-state index in [1.54, 1.807) is 12.1 Å². The van der Waals surface area contributed by atoms with Crippen LogP contribution in [0.5, 0.6) is 0 Å². The zero-order valence-electron chi connectivity index (χ0n) is 20.7. The van der Waals surface area contributed by atoms with Crippen LogP contribution in [0.2, 0.25) is 0 Å². The van der Waals surface area contributed by atoms with Crippen molar-refractivity contribution < 1.29 is 27.1 Å². The molecular weight excluding hydrogens is 473 g/mol. The molecule has 4 rings (SSSR count). The molecule has 196 valence electrons. The smallest absolute Gasteiger partial charge is 0.279 e. The molecule has 8 nitrogen and oxygen atoms in total. The number of likely N-dealkylation sites (tertiary alicyclic amines) is 1. The van der Waals surface area contributed by atoms with Gasteiger partial charge in [-0.15, -0.1) is 0 Å². The summed E-state index contributed by atoms with van der Waals surface area (Å²) in [5, 5.41) is 0. The third-order valence-electron chi connectivity index (χ3n) is 7.65. The number of amides is 1. The van der Waals surface area contributed by atoms with Gasteiger partial charge in [0.2, 0.25) is 5.91 Å². The predicted octanol–water partition coefficient (Wildman–Crippen LogP) is 2.52. The molecule has 1 N–H and O–H groups in total. The van der Waals surface area contributed by atoms with Crippen molar-refractivity contribution in [2.45, 2.75) is 56.6 Å². The Morgan fingerprint density at radius 3 is 2.63 bits per heavy atom. The number of piperidine rings is 1. The number of carbonyl (C=O) groups is 1. The Labute approximate surface area is 208 Å². The van der Waals surface area contributed by atoms with Gasteiger partial charge in [-0.25, -0.2) is 4.39 Å². The number of hydrogen-bond acceptors (Lipinski definition) is 5. The highest BCUT2D eigenvalue weighted by Crippen LogP contribution is 2.35. The lowest BCUT2D eigenvalue weighted by Gasteiger charge is -2.40. The molecule has 0 spiro atoms. The van der Waals surface area contributed by atoms with Gasteiger partial charge in [0.1, 0.15) is 5.82 Å². The van der Waals surface area contributed by atoms with E-state index in [4.69, 9.17) is 9.47 Å². The molecule has 2 heterocycles. The fourth-order valence-electron chi connectivity index (χ4n) is 5.42. The van der Waals surface area contributed by atoms with Gasteiger partial charge in [-0.2, -0.15) is 17.4 Å². The number of rotatable bonds is 8. The molecule has 1 saturated carbocycles. The first-order valence-corrected chi connectivity index (χ1v) is 14.1. The second kappa shape index (κ2) is 11.6. The van der Waals surface area contributed by atoms with Crippen molar-refractivity contribution in [2.24, 2.45) is 11.8 Å². The topological polar surface area (TPSA) is 88.2 Å². The predicted molar refractivity (Wildman–Crippen MR) is 130 cm³/mol. The second-order valence-electron chi connectivity index (χ2n) is 10.3. The molecule has 0 radical (unpaired) electrons. The van der Waals surface area contributed by atoms with E-state index in [2.05, 4.69) is 4.72 Å². The third kappa shape index (κ3) is 6.80. The average molecular weight is 512 g/mol.